The summed E-state index contributed by atoms with van der Waals surface area (Å²) in [4.78, 5) is 4.63. The SMILES string of the molecule is CCNC(=NCc1ccccc1)NCc1ccccc1CS(=O)(=O)N1CCOCC1.I. The van der Waals surface area contributed by atoms with Crippen molar-refractivity contribution in [3.05, 3.63) is 71.3 Å². The molecule has 1 aliphatic heterocycles. The number of nitrogens with one attached hydrogen (secondary N) is 2. The fourth-order valence-corrected chi connectivity index (χ4v) is 4.82. The zero-order chi connectivity index (χ0) is 21.2. The van der Waals surface area contributed by atoms with E-state index in [2.05, 4.69) is 15.6 Å². The highest BCUT2D eigenvalue weighted by atomic mass is 127. The Morgan fingerprint density at radius 2 is 1.65 bits per heavy atom. The highest BCUT2D eigenvalue weighted by Crippen LogP contribution is 2.16. The molecule has 1 heterocycles. The minimum absolute atomic E-state index is 0. The molecule has 0 atom stereocenters. The van der Waals surface area contributed by atoms with Crippen molar-refractivity contribution in [1.29, 1.82) is 0 Å². The number of sulfonamides is 1. The number of morpholine rings is 1. The van der Waals surface area contributed by atoms with E-state index in [4.69, 9.17) is 4.74 Å². The Hall–Kier alpha value is -1.69. The van der Waals surface area contributed by atoms with E-state index in [0.29, 0.717) is 45.4 Å². The molecular weight excluding hydrogens is 527 g/mol. The first-order valence-corrected chi connectivity index (χ1v) is 11.9. The molecule has 1 aliphatic rings. The largest absolute Gasteiger partial charge is 0.379 e. The second kappa shape index (κ2) is 13.0. The van der Waals surface area contributed by atoms with Crippen molar-refractivity contribution in [3.63, 3.8) is 0 Å². The van der Waals surface area contributed by atoms with Gasteiger partial charge in [0.2, 0.25) is 10.0 Å². The third kappa shape index (κ3) is 8.06. The summed E-state index contributed by atoms with van der Waals surface area (Å²) in [6.45, 7) is 5.56. The lowest BCUT2D eigenvalue weighted by atomic mass is 10.1. The smallest absolute Gasteiger partial charge is 0.218 e. The van der Waals surface area contributed by atoms with Gasteiger partial charge >= 0.3 is 0 Å². The van der Waals surface area contributed by atoms with Crippen LogP contribution in [0.25, 0.3) is 0 Å². The lowest BCUT2D eigenvalue weighted by molar-refractivity contribution is 0.0729. The first-order valence-electron chi connectivity index (χ1n) is 10.3. The van der Waals surface area contributed by atoms with Gasteiger partial charge in [-0.05, 0) is 23.6 Å². The van der Waals surface area contributed by atoms with Crippen LogP contribution in [0.1, 0.15) is 23.6 Å². The number of halogens is 1. The fraction of sp³-hybridized carbons (Fsp3) is 0.409. The van der Waals surface area contributed by atoms with Crippen molar-refractivity contribution in [3.8, 4) is 0 Å². The van der Waals surface area contributed by atoms with Crippen LogP contribution in [0, 0.1) is 0 Å². The zero-order valence-corrected chi connectivity index (χ0v) is 20.9. The lowest BCUT2D eigenvalue weighted by Gasteiger charge is -2.26. The molecule has 31 heavy (non-hydrogen) atoms. The Morgan fingerprint density at radius 1 is 1.00 bits per heavy atom. The van der Waals surface area contributed by atoms with Crippen LogP contribution < -0.4 is 10.6 Å². The molecule has 0 unspecified atom stereocenters. The molecule has 0 bridgehead atoms. The van der Waals surface area contributed by atoms with E-state index < -0.39 is 10.0 Å². The van der Waals surface area contributed by atoms with E-state index in [1.54, 1.807) is 0 Å². The first kappa shape index (κ1) is 25.6. The Labute approximate surface area is 202 Å². The highest BCUT2D eigenvalue weighted by Gasteiger charge is 2.25. The molecule has 2 aromatic rings. The summed E-state index contributed by atoms with van der Waals surface area (Å²) in [7, 11) is -3.37. The van der Waals surface area contributed by atoms with Gasteiger partial charge in [-0.25, -0.2) is 13.4 Å². The molecule has 170 valence electrons. The predicted octanol–water partition coefficient (Wildman–Crippen LogP) is 2.72. The van der Waals surface area contributed by atoms with Crippen LogP contribution in [0.4, 0.5) is 0 Å². The van der Waals surface area contributed by atoms with E-state index in [-0.39, 0.29) is 29.7 Å². The molecule has 3 rings (SSSR count). The summed E-state index contributed by atoms with van der Waals surface area (Å²) in [5.74, 6) is 0.690. The van der Waals surface area contributed by atoms with Gasteiger partial charge < -0.3 is 15.4 Å². The van der Waals surface area contributed by atoms with Crippen LogP contribution in [-0.2, 0) is 33.6 Å². The zero-order valence-electron chi connectivity index (χ0n) is 17.8. The van der Waals surface area contributed by atoms with Gasteiger partial charge in [0, 0.05) is 26.2 Å². The van der Waals surface area contributed by atoms with Crippen LogP contribution in [0.2, 0.25) is 0 Å². The van der Waals surface area contributed by atoms with Crippen molar-refractivity contribution in [2.75, 3.05) is 32.8 Å². The molecule has 2 N–H and O–H groups in total. The molecule has 0 aliphatic carbocycles. The molecule has 7 nitrogen and oxygen atoms in total. The number of ether oxygens (including phenoxy) is 1. The predicted molar refractivity (Wildman–Crippen MR) is 135 cm³/mol. The number of hydrogen-bond acceptors (Lipinski definition) is 4. The molecule has 1 saturated heterocycles. The summed E-state index contributed by atoms with van der Waals surface area (Å²) in [5.41, 5.74) is 2.88. The quantitative estimate of drug-likeness (QED) is 0.296. The lowest BCUT2D eigenvalue weighted by Crippen LogP contribution is -2.41. The minimum Gasteiger partial charge on any atom is -0.379 e. The number of guanidine groups is 1. The molecule has 0 radical (unpaired) electrons. The molecule has 0 spiro atoms. The van der Waals surface area contributed by atoms with Crippen molar-refractivity contribution in [1.82, 2.24) is 14.9 Å². The summed E-state index contributed by atoms with van der Waals surface area (Å²) < 4.78 is 32.4. The van der Waals surface area contributed by atoms with Gasteiger partial charge in [-0.15, -0.1) is 24.0 Å². The topological polar surface area (TPSA) is 83.0 Å². The second-order valence-corrected chi connectivity index (χ2v) is 9.04. The maximum absolute atomic E-state index is 12.8. The van der Waals surface area contributed by atoms with Gasteiger partial charge in [0.15, 0.2) is 5.96 Å². The molecular formula is C22H31IN4O3S. The first-order chi connectivity index (χ1) is 14.6. The summed E-state index contributed by atoms with van der Waals surface area (Å²) in [6, 6.07) is 17.7. The van der Waals surface area contributed by atoms with Gasteiger partial charge in [-0.1, -0.05) is 54.6 Å². The Kier molecular flexibility index (Phi) is 10.7. The van der Waals surface area contributed by atoms with E-state index in [1.807, 2.05) is 61.5 Å². The van der Waals surface area contributed by atoms with E-state index in [1.165, 1.54) is 4.31 Å². The molecule has 0 aromatic heterocycles. The van der Waals surface area contributed by atoms with Crippen molar-refractivity contribution >= 4 is 40.0 Å². The average molecular weight is 558 g/mol. The maximum Gasteiger partial charge on any atom is 0.218 e. The van der Waals surface area contributed by atoms with Gasteiger partial charge in [-0.3, -0.25) is 0 Å². The van der Waals surface area contributed by atoms with Crippen LogP contribution in [0.3, 0.4) is 0 Å². The number of nitrogens with zero attached hydrogens (tertiary/aromatic N) is 2. The Bertz CT molecular complexity index is 933. The number of rotatable bonds is 8. The fourth-order valence-electron chi connectivity index (χ4n) is 3.26. The van der Waals surface area contributed by atoms with Gasteiger partial charge in [0.1, 0.15) is 0 Å². The van der Waals surface area contributed by atoms with E-state index in [9.17, 15) is 8.42 Å². The number of hydrogen-bond donors (Lipinski definition) is 2. The second-order valence-electron chi connectivity index (χ2n) is 7.07. The van der Waals surface area contributed by atoms with Crippen LogP contribution >= 0.6 is 24.0 Å². The average Bonchev–Trinajstić information content (AvgIpc) is 2.78. The van der Waals surface area contributed by atoms with Crippen molar-refractivity contribution < 1.29 is 13.2 Å². The third-order valence-electron chi connectivity index (χ3n) is 4.87. The minimum atomic E-state index is -3.37. The molecule has 1 fully saturated rings. The number of aliphatic imine (C=N–C) groups is 1. The maximum atomic E-state index is 12.8. The Balaban J connectivity index is 0.00000341. The summed E-state index contributed by atoms with van der Waals surface area (Å²) in [6.07, 6.45) is 0. The monoisotopic (exact) mass is 558 g/mol. The van der Waals surface area contributed by atoms with E-state index in [0.717, 1.165) is 23.2 Å². The highest BCUT2D eigenvalue weighted by molar-refractivity contribution is 14.0. The van der Waals surface area contributed by atoms with Crippen molar-refractivity contribution in [2.24, 2.45) is 4.99 Å². The Morgan fingerprint density at radius 3 is 2.32 bits per heavy atom. The van der Waals surface area contributed by atoms with Crippen LogP contribution in [0.15, 0.2) is 59.6 Å². The van der Waals surface area contributed by atoms with Gasteiger partial charge in [0.05, 0.1) is 25.5 Å². The van der Waals surface area contributed by atoms with Crippen molar-refractivity contribution in [2.45, 2.75) is 25.8 Å². The molecule has 0 saturated carbocycles. The van der Waals surface area contributed by atoms with Gasteiger partial charge in [-0.2, -0.15) is 4.31 Å². The summed E-state index contributed by atoms with van der Waals surface area (Å²) in [5, 5.41) is 6.56. The van der Waals surface area contributed by atoms with Gasteiger partial charge in [0.25, 0.3) is 0 Å². The summed E-state index contributed by atoms with van der Waals surface area (Å²) >= 11 is 0. The normalized spacial score (nSPS) is 15.2. The van der Waals surface area contributed by atoms with E-state index >= 15 is 0 Å². The van der Waals surface area contributed by atoms with Crippen LogP contribution in [-0.4, -0.2) is 51.5 Å². The molecule has 2 aromatic carbocycles. The molecule has 9 heteroatoms. The third-order valence-corrected chi connectivity index (χ3v) is 6.70. The number of benzene rings is 2. The van der Waals surface area contributed by atoms with Crippen LogP contribution in [0.5, 0.6) is 0 Å². The standard InChI is InChI=1S/C22H30N4O3S.HI/c1-2-23-22(24-16-19-8-4-3-5-9-19)25-17-20-10-6-7-11-21(20)18-30(27,28)26-12-14-29-15-13-26;/h3-11H,2,12-18H2,1H3,(H2,23,24,25);1H. The molecule has 0 amide bonds.